The maximum Gasteiger partial charge on any atom is 0.246 e. The summed E-state index contributed by atoms with van der Waals surface area (Å²) in [6.07, 6.45) is 7.89. The van der Waals surface area contributed by atoms with Crippen molar-refractivity contribution in [3.05, 3.63) is 51.5 Å². The van der Waals surface area contributed by atoms with Gasteiger partial charge in [-0.25, -0.2) is 4.98 Å². The highest BCUT2D eigenvalue weighted by Crippen LogP contribution is 2.36. The lowest BCUT2D eigenvalue weighted by atomic mass is 9.83. The fraction of sp³-hybridized carbons (Fsp3) is 0.600. The fourth-order valence-corrected chi connectivity index (χ4v) is 6.67. The van der Waals surface area contributed by atoms with Gasteiger partial charge in [-0.05, 0) is 69.5 Å². The number of carbonyl (C=O) groups is 3. The molecule has 206 valence electrons. The van der Waals surface area contributed by atoms with Crippen molar-refractivity contribution in [2.45, 2.75) is 90.3 Å². The van der Waals surface area contributed by atoms with E-state index < -0.39 is 6.04 Å². The second-order valence-corrected chi connectivity index (χ2v) is 12.2. The minimum atomic E-state index is -0.524. The Morgan fingerprint density at radius 3 is 2.55 bits per heavy atom. The largest absolute Gasteiger partial charge is 0.343 e. The van der Waals surface area contributed by atoms with E-state index in [-0.39, 0.29) is 35.6 Å². The van der Waals surface area contributed by atoms with Crippen LogP contribution in [0.2, 0.25) is 0 Å². The van der Waals surface area contributed by atoms with Crippen molar-refractivity contribution in [1.82, 2.24) is 20.5 Å². The molecular formula is C30H42N4O3S. The van der Waals surface area contributed by atoms with E-state index in [1.807, 2.05) is 35.4 Å². The highest BCUT2D eigenvalue weighted by molar-refractivity contribution is 7.10. The number of hydrogen-bond donors (Lipinski definition) is 2. The molecule has 7 nitrogen and oxygen atoms in total. The van der Waals surface area contributed by atoms with Crippen molar-refractivity contribution in [3.8, 4) is 0 Å². The van der Waals surface area contributed by atoms with E-state index in [0.717, 1.165) is 55.5 Å². The van der Waals surface area contributed by atoms with Crippen LogP contribution < -0.4 is 10.6 Å². The quantitative estimate of drug-likeness (QED) is 0.420. The lowest BCUT2D eigenvalue weighted by molar-refractivity contribution is -0.139. The van der Waals surface area contributed by atoms with E-state index in [2.05, 4.69) is 30.5 Å². The maximum absolute atomic E-state index is 14.0. The van der Waals surface area contributed by atoms with Gasteiger partial charge in [-0.3, -0.25) is 14.4 Å². The molecule has 2 N–H and O–H groups in total. The zero-order chi connectivity index (χ0) is 27.2. The average molecular weight is 539 g/mol. The molecule has 1 aromatic carbocycles. The van der Waals surface area contributed by atoms with E-state index in [4.69, 9.17) is 4.98 Å². The van der Waals surface area contributed by atoms with Crippen molar-refractivity contribution in [1.29, 1.82) is 0 Å². The molecule has 1 saturated carbocycles. The fourth-order valence-electron chi connectivity index (χ4n) is 5.73. The Labute approximate surface area is 230 Å². The van der Waals surface area contributed by atoms with Gasteiger partial charge >= 0.3 is 0 Å². The molecular weight excluding hydrogens is 496 g/mol. The Kier molecular flexibility index (Phi) is 9.71. The minimum absolute atomic E-state index is 0.0134. The molecule has 2 heterocycles. The number of rotatable bonds is 10. The van der Waals surface area contributed by atoms with Crippen molar-refractivity contribution in [3.63, 3.8) is 0 Å². The van der Waals surface area contributed by atoms with Gasteiger partial charge < -0.3 is 15.5 Å². The molecule has 38 heavy (non-hydrogen) atoms. The third-order valence-corrected chi connectivity index (χ3v) is 8.87. The van der Waals surface area contributed by atoms with Gasteiger partial charge in [-0.2, -0.15) is 0 Å². The standard InChI is InChI=1S/C30H42N4O3S/c1-19(2)16-21-10-8-13-23(17-21)27(35)24-18-38-29(32-24)25-14-9-15-34(25)30(37)26(22-11-6-5-7-12-22)33-28(36)20(3)31-4/h8,10,13,17-20,22,25-26,31H,5-7,9,11-12,14-16H2,1-4H3,(H,33,36)/t20-,25-,26-/m0/s1. The Bertz CT molecular complexity index is 1120. The minimum Gasteiger partial charge on any atom is -0.343 e. The van der Waals surface area contributed by atoms with E-state index in [9.17, 15) is 14.4 Å². The number of amides is 2. The SMILES string of the molecule is CN[C@@H](C)C(=O)N[C@H](C(=O)N1CCC[C@H]1c1nc(C(=O)c2cccc(CC(C)C)c2)cs1)C1CCCCC1. The number of likely N-dealkylation sites (tertiary alicyclic amines) is 1. The first-order valence-corrected chi connectivity index (χ1v) is 15.0. The molecule has 0 spiro atoms. The normalized spacial score (nSPS) is 19.9. The molecule has 2 aromatic rings. The summed E-state index contributed by atoms with van der Waals surface area (Å²) >= 11 is 1.45. The summed E-state index contributed by atoms with van der Waals surface area (Å²) in [7, 11) is 1.75. The van der Waals surface area contributed by atoms with Crippen LogP contribution in [-0.4, -0.2) is 53.2 Å². The van der Waals surface area contributed by atoms with E-state index in [0.29, 0.717) is 23.7 Å². The molecule has 0 bridgehead atoms. The van der Waals surface area contributed by atoms with Crippen LogP contribution in [0.3, 0.4) is 0 Å². The van der Waals surface area contributed by atoms with Gasteiger partial charge in [0.2, 0.25) is 17.6 Å². The predicted molar refractivity (Wildman–Crippen MR) is 151 cm³/mol. The van der Waals surface area contributed by atoms with Crippen LogP contribution in [0.5, 0.6) is 0 Å². The van der Waals surface area contributed by atoms with E-state index in [1.165, 1.54) is 17.8 Å². The Morgan fingerprint density at radius 1 is 1.08 bits per heavy atom. The molecule has 2 aliphatic rings. The molecule has 2 fully saturated rings. The average Bonchev–Trinajstić information content (AvgIpc) is 3.60. The molecule has 0 unspecified atom stereocenters. The number of benzene rings is 1. The maximum atomic E-state index is 14.0. The lowest BCUT2D eigenvalue weighted by Crippen LogP contribution is -2.55. The monoisotopic (exact) mass is 538 g/mol. The van der Waals surface area contributed by atoms with Gasteiger partial charge in [0.25, 0.3) is 0 Å². The second-order valence-electron chi connectivity index (χ2n) is 11.3. The number of ketones is 1. The predicted octanol–water partition coefficient (Wildman–Crippen LogP) is 4.91. The van der Waals surface area contributed by atoms with E-state index in [1.54, 1.807) is 7.05 Å². The highest BCUT2D eigenvalue weighted by atomic mass is 32.1. The summed E-state index contributed by atoms with van der Waals surface area (Å²) in [5.74, 6) is 0.426. The molecule has 3 atom stereocenters. The first-order valence-electron chi connectivity index (χ1n) is 14.2. The summed E-state index contributed by atoms with van der Waals surface area (Å²) in [6.45, 7) is 6.79. The molecule has 8 heteroatoms. The number of hydrogen-bond acceptors (Lipinski definition) is 6. The van der Waals surface area contributed by atoms with Crippen LogP contribution in [-0.2, 0) is 16.0 Å². The topological polar surface area (TPSA) is 91.4 Å². The van der Waals surface area contributed by atoms with E-state index >= 15 is 0 Å². The van der Waals surface area contributed by atoms with Gasteiger partial charge in [0.05, 0.1) is 12.1 Å². The summed E-state index contributed by atoms with van der Waals surface area (Å²) in [5.41, 5.74) is 2.24. The van der Waals surface area contributed by atoms with Gasteiger partial charge in [0, 0.05) is 17.5 Å². The zero-order valence-corrected chi connectivity index (χ0v) is 24.0. The summed E-state index contributed by atoms with van der Waals surface area (Å²) < 4.78 is 0. The summed E-state index contributed by atoms with van der Waals surface area (Å²) in [6, 6.07) is 6.76. The van der Waals surface area contributed by atoms with Crippen LogP contribution in [0.25, 0.3) is 0 Å². The Hall–Kier alpha value is -2.58. The Morgan fingerprint density at radius 2 is 1.84 bits per heavy atom. The van der Waals surface area contributed by atoms with Gasteiger partial charge in [0.1, 0.15) is 16.7 Å². The number of nitrogens with one attached hydrogen (secondary N) is 2. The number of nitrogens with zero attached hydrogens (tertiary/aromatic N) is 2. The number of likely N-dealkylation sites (N-methyl/N-ethyl adjacent to an activating group) is 1. The third-order valence-electron chi connectivity index (χ3n) is 7.92. The number of aromatic nitrogens is 1. The van der Waals surface area contributed by atoms with Gasteiger partial charge in [0.15, 0.2) is 0 Å². The van der Waals surface area contributed by atoms with Crippen molar-refractivity contribution in [2.75, 3.05) is 13.6 Å². The first kappa shape index (κ1) is 28.4. The van der Waals surface area contributed by atoms with Crippen molar-refractivity contribution >= 4 is 28.9 Å². The molecule has 0 radical (unpaired) electrons. The number of carbonyl (C=O) groups excluding carboxylic acids is 3. The number of thiazole rings is 1. The van der Waals surface area contributed by atoms with Gasteiger partial charge in [-0.15, -0.1) is 11.3 Å². The molecule has 1 aliphatic heterocycles. The van der Waals surface area contributed by atoms with Crippen LogP contribution in [0.15, 0.2) is 29.6 Å². The first-order chi connectivity index (χ1) is 18.3. The summed E-state index contributed by atoms with van der Waals surface area (Å²) in [5, 5.41) is 8.69. The van der Waals surface area contributed by atoms with Crippen LogP contribution in [0, 0.1) is 11.8 Å². The van der Waals surface area contributed by atoms with Crippen molar-refractivity contribution < 1.29 is 14.4 Å². The molecule has 1 aromatic heterocycles. The van der Waals surface area contributed by atoms with Crippen LogP contribution in [0.4, 0.5) is 0 Å². The third kappa shape index (κ3) is 6.70. The Balaban J connectivity index is 1.52. The van der Waals surface area contributed by atoms with Crippen LogP contribution in [0.1, 0.15) is 98.4 Å². The molecule has 2 amide bonds. The highest BCUT2D eigenvalue weighted by Gasteiger charge is 2.40. The second kappa shape index (κ2) is 13.0. The van der Waals surface area contributed by atoms with Crippen molar-refractivity contribution in [2.24, 2.45) is 11.8 Å². The van der Waals surface area contributed by atoms with Gasteiger partial charge in [-0.1, -0.05) is 51.3 Å². The summed E-state index contributed by atoms with van der Waals surface area (Å²) in [4.78, 5) is 46.7. The van der Waals surface area contributed by atoms with Crippen LogP contribution >= 0.6 is 11.3 Å². The molecule has 4 rings (SSSR count). The molecule has 1 aliphatic carbocycles. The zero-order valence-electron chi connectivity index (χ0n) is 23.2. The smallest absolute Gasteiger partial charge is 0.246 e. The lowest BCUT2D eigenvalue weighted by Gasteiger charge is -2.35. The molecule has 1 saturated heterocycles.